The molecule has 0 amide bonds. The Labute approximate surface area is 83.9 Å². The number of benzene rings is 1. The minimum Gasteiger partial charge on any atom is -0.422 e. The van der Waals surface area contributed by atoms with E-state index < -0.39 is 10.9 Å². The van der Waals surface area contributed by atoms with Crippen LogP contribution in [0.15, 0.2) is 39.5 Å². The summed E-state index contributed by atoms with van der Waals surface area (Å²) in [4.78, 5) is 22.0. The second-order valence-electron chi connectivity index (χ2n) is 2.76. The smallest absolute Gasteiger partial charge is 0.348 e. The van der Waals surface area contributed by atoms with E-state index in [1.807, 2.05) is 0 Å². The van der Waals surface area contributed by atoms with Crippen molar-refractivity contribution < 1.29 is 9.21 Å². The number of hydrogen-bond acceptors (Lipinski definition) is 3. The van der Waals surface area contributed by atoms with Gasteiger partial charge in [0.15, 0.2) is 0 Å². The molecule has 1 aromatic carbocycles. The van der Waals surface area contributed by atoms with Crippen LogP contribution >= 0.6 is 11.6 Å². The molecule has 70 valence electrons. The molecular weight excluding hydrogens is 204 g/mol. The number of carbonyl (C=O) groups is 1. The minimum atomic E-state index is -0.801. The van der Waals surface area contributed by atoms with Crippen molar-refractivity contribution >= 4 is 27.8 Å². The first-order valence-corrected chi connectivity index (χ1v) is 4.29. The summed E-state index contributed by atoms with van der Waals surface area (Å²) in [6, 6.07) is 8.34. The lowest BCUT2D eigenvalue weighted by molar-refractivity contribution is 0.107. The highest BCUT2D eigenvalue weighted by Gasteiger charge is 2.10. The van der Waals surface area contributed by atoms with E-state index in [-0.39, 0.29) is 5.56 Å². The predicted octanol–water partition coefficient (Wildman–Crippen LogP) is 2.17. The maximum atomic E-state index is 11.2. The zero-order chi connectivity index (χ0) is 10.1. The van der Waals surface area contributed by atoms with Crippen LogP contribution in [0.5, 0.6) is 0 Å². The monoisotopic (exact) mass is 208 g/mol. The highest BCUT2D eigenvalue weighted by molar-refractivity contribution is 6.67. The highest BCUT2D eigenvalue weighted by atomic mass is 35.5. The summed E-state index contributed by atoms with van der Waals surface area (Å²) in [5.41, 5.74) is -0.395. The largest absolute Gasteiger partial charge is 0.422 e. The summed E-state index contributed by atoms with van der Waals surface area (Å²) >= 11 is 5.21. The lowest BCUT2D eigenvalue weighted by Gasteiger charge is -1.96. The number of halogens is 1. The van der Waals surface area contributed by atoms with Crippen LogP contribution in [-0.4, -0.2) is 5.24 Å². The van der Waals surface area contributed by atoms with E-state index in [1.165, 1.54) is 6.07 Å². The van der Waals surface area contributed by atoms with Gasteiger partial charge >= 0.3 is 5.63 Å². The van der Waals surface area contributed by atoms with Crippen LogP contribution in [0.2, 0.25) is 0 Å². The summed E-state index contributed by atoms with van der Waals surface area (Å²) in [6.45, 7) is 0. The maximum Gasteiger partial charge on any atom is 0.348 e. The van der Waals surface area contributed by atoms with Crippen molar-refractivity contribution in [2.75, 3.05) is 0 Å². The zero-order valence-electron chi connectivity index (χ0n) is 6.99. The van der Waals surface area contributed by atoms with Crippen LogP contribution in [0.4, 0.5) is 0 Å². The Balaban J connectivity index is 2.84. The average Bonchev–Trinajstić information content (AvgIpc) is 2.16. The van der Waals surface area contributed by atoms with Crippen LogP contribution < -0.4 is 5.63 Å². The molecule has 0 N–H and O–H groups in total. The van der Waals surface area contributed by atoms with E-state index >= 15 is 0 Å². The first-order valence-electron chi connectivity index (χ1n) is 3.91. The average molecular weight is 209 g/mol. The molecule has 0 bridgehead atoms. The third-order valence-corrected chi connectivity index (χ3v) is 2.06. The summed E-state index contributed by atoms with van der Waals surface area (Å²) in [5, 5.41) is -0.124. The van der Waals surface area contributed by atoms with Gasteiger partial charge in [0.1, 0.15) is 11.1 Å². The van der Waals surface area contributed by atoms with Crippen LogP contribution in [0, 0.1) is 0 Å². The Morgan fingerprint density at radius 2 is 2.00 bits per heavy atom. The number of carbonyl (C=O) groups excluding carboxylic acids is 1. The van der Waals surface area contributed by atoms with Gasteiger partial charge in [0.05, 0.1) is 0 Å². The summed E-state index contributed by atoms with van der Waals surface area (Å²) in [6.07, 6.45) is 0. The van der Waals surface area contributed by atoms with Crippen molar-refractivity contribution in [3.05, 3.63) is 46.3 Å². The Bertz CT molecular complexity index is 557. The lowest BCUT2D eigenvalue weighted by Crippen LogP contribution is -2.09. The molecule has 0 saturated carbocycles. The first kappa shape index (κ1) is 8.97. The van der Waals surface area contributed by atoms with Gasteiger partial charge in [0.2, 0.25) is 0 Å². The molecule has 0 saturated heterocycles. The molecule has 0 aliphatic carbocycles. The van der Waals surface area contributed by atoms with Gasteiger partial charge in [0.25, 0.3) is 5.24 Å². The third kappa shape index (κ3) is 1.42. The van der Waals surface area contributed by atoms with Crippen molar-refractivity contribution in [2.45, 2.75) is 0 Å². The fourth-order valence-electron chi connectivity index (χ4n) is 1.20. The summed E-state index contributed by atoms with van der Waals surface area (Å²) in [7, 11) is 0. The molecule has 2 aromatic rings. The van der Waals surface area contributed by atoms with Gasteiger partial charge in [-0.3, -0.25) is 4.79 Å². The quantitative estimate of drug-likeness (QED) is 0.533. The van der Waals surface area contributed by atoms with Crippen molar-refractivity contribution in [1.29, 1.82) is 0 Å². The second kappa shape index (κ2) is 3.27. The topological polar surface area (TPSA) is 47.3 Å². The van der Waals surface area contributed by atoms with Crippen LogP contribution in [-0.2, 0) is 0 Å². The standard InChI is InChI=1S/C10H5ClO3/c11-9(12)7-5-6-3-1-2-4-8(6)14-10(7)13/h1-5H. The van der Waals surface area contributed by atoms with Gasteiger partial charge in [-0.05, 0) is 23.7 Å². The zero-order valence-corrected chi connectivity index (χ0v) is 7.75. The van der Waals surface area contributed by atoms with Gasteiger partial charge in [-0.2, -0.15) is 0 Å². The Morgan fingerprint density at radius 1 is 1.29 bits per heavy atom. The number of rotatable bonds is 1. The summed E-state index contributed by atoms with van der Waals surface area (Å²) < 4.78 is 4.89. The van der Waals surface area contributed by atoms with Gasteiger partial charge in [-0.25, -0.2) is 4.79 Å². The molecular formula is C10H5ClO3. The molecule has 1 aromatic heterocycles. The Kier molecular flexibility index (Phi) is 2.09. The third-order valence-electron chi connectivity index (χ3n) is 1.85. The molecule has 3 nitrogen and oxygen atoms in total. The molecule has 14 heavy (non-hydrogen) atoms. The van der Waals surface area contributed by atoms with Crippen LogP contribution in [0.25, 0.3) is 11.0 Å². The minimum absolute atomic E-state index is 0.134. The number of hydrogen-bond donors (Lipinski definition) is 0. The Morgan fingerprint density at radius 3 is 2.71 bits per heavy atom. The van der Waals surface area contributed by atoms with E-state index in [1.54, 1.807) is 24.3 Å². The SMILES string of the molecule is O=C(Cl)c1cc2ccccc2oc1=O. The normalized spacial score (nSPS) is 10.4. The van der Waals surface area contributed by atoms with Gasteiger partial charge in [-0.15, -0.1) is 0 Å². The molecule has 0 atom stereocenters. The molecule has 0 aliphatic heterocycles. The molecule has 0 aliphatic rings. The fraction of sp³-hybridized carbons (Fsp3) is 0. The molecule has 1 heterocycles. The van der Waals surface area contributed by atoms with Crippen LogP contribution in [0.1, 0.15) is 10.4 Å². The molecule has 0 spiro atoms. The second-order valence-corrected chi connectivity index (χ2v) is 3.10. The number of para-hydroxylation sites is 1. The molecule has 4 heteroatoms. The lowest BCUT2D eigenvalue weighted by atomic mass is 10.2. The molecule has 0 unspecified atom stereocenters. The molecule has 2 rings (SSSR count). The van der Waals surface area contributed by atoms with Crippen LogP contribution in [0.3, 0.4) is 0 Å². The van der Waals surface area contributed by atoms with E-state index in [0.717, 1.165) is 0 Å². The van der Waals surface area contributed by atoms with Crippen molar-refractivity contribution in [2.24, 2.45) is 0 Å². The number of fused-ring (bicyclic) bond motifs is 1. The van der Waals surface area contributed by atoms with Crippen molar-refractivity contribution in [1.82, 2.24) is 0 Å². The van der Waals surface area contributed by atoms with E-state index in [4.69, 9.17) is 16.0 Å². The summed E-state index contributed by atoms with van der Waals surface area (Å²) in [5.74, 6) is 0. The Hall–Kier alpha value is -1.61. The van der Waals surface area contributed by atoms with E-state index in [0.29, 0.717) is 11.0 Å². The van der Waals surface area contributed by atoms with Crippen molar-refractivity contribution in [3.8, 4) is 0 Å². The predicted molar refractivity (Wildman–Crippen MR) is 52.7 cm³/mol. The maximum absolute atomic E-state index is 11.2. The molecule has 0 fully saturated rings. The fourth-order valence-corrected chi connectivity index (χ4v) is 1.33. The van der Waals surface area contributed by atoms with Gasteiger partial charge in [0, 0.05) is 5.39 Å². The van der Waals surface area contributed by atoms with Crippen molar-refractivity contribution in [3.63, 3.8) is 0 Å². The first-order chi connectivity index (χ1) is 6.68. The van der Waals surface area contributed by atoms with Gasteiger partial charge in [-0.1, -0.05) is 18.2 Å². The highest BCUT2D eigenvalue weighted by Crippen LogP contribution is 2.13. The van der Waals surface area contributed by atoms with E-state index in [9.17, 15) is 9.59 Å². The van der Waals surface area contributed by atoms with Gasteiger partial charge < -0.3 is 4.42 Å². The van der Waals surface area contributed by atoms with E-state index in [2.05, 4.69) is 0 Å². The molecule has 0 radical (unpaired) electrons.